The Morgan fingerprint density at radius 1 is 1.42 bits per heavy atom. The van der Waals surface area contributed by atoms with Crippen LogP contribution in [0, 0.1) is 0 Å². The summed E-state index contributed by atoms with van der Waals surface area (Å²) in [7, 11) is 0. The molecule has 0 radical (unpaired) electrons. The maximum atomic E-state index is 11.4. The number of hydrogen-bond donors (Lipinski definition) is 2. The van der Waals surface area contributed by atoms with Crippen molar-refractivity contribution < 1.29 is 9.90 Å². The van der Waals surface area contributed by atoms with Crippen LogP contribution in [0.25, 0.3) is 0 Å². The van der Waals surface area contributed by atoms with E-state index in [0.717, 1.165) is 13.1 Å². The number of nitrogen functional groups attached to an aromatic ring is 1. The van der Waals surface area contributed by atoms with Gasteiger partial charge in [-0.15, -0.1) is 0 Å². The molecule has 3 N–H and O–H groups in total. The van der Waals surface area contributed by atoms with Crippen molar-refractivity contribution in [2.75, 3.05) is 23.7 Å². The second-order valence-electron chi connectivity index (χ2n) is 4.87. The van der Waals surface area contributed by atoms with Crippen molar-refractivity contribution in [3.05, 3.63) is 22.7 Å². The Balaban J connectivity index is 2.46. The first-order valence-corrected chi connectivity index (χ1v) is 7.43. The minimum Gasteiger partial charge on any atom is -0.478 e. The fourth-order valence-electron chi connectivity index (χ4n) is 2.46. The summed E-state index contributed by atoms with van der Waals surface area (Å²) < 4.78 is 0. The predicted octanol–water partition coefficient (Wildman–Crippen LogP) is 2.95. The van der Waals surface area contributed by atoms with Crippen LogP contribution in [0.15, 0.2) is 12.1 Å². The van der Waals surface area contributed by atoms with Crippen LogP contribution in [0.3, 0.4) is 0 Å². The minimum absolute atomic E-state index is 0.177. The molecule has 6 heteroatoms. The van der Waals surface area contributed by atoms with Gasteiger partial charge in [-0.25, -0.2) is 4.79 Å². The quantitative estimate of drug-likeness (QED) is 0.822. The Labute approximate surface area is 121 Å². The third-order valence-corrected chi connectivity index (χ3v) is 4.57. The first kappa shape index (κ1) is 14.3. The second kappa shape index (κ2) is 5.51. The summed E-state index contributed by atoms with van der Waals surface area (Å²) in [6, 6.07) is 3.08. The number of hydrogen-bond acceptors (Lipinski definition) is 4. The largest absolute Gasteiger partial charge is 0.478 e. The fraction of sp³-hybridized carbons (Fsp3) is 0.462. The molecule has 0 aliphatic carbocycles. The number of anilines is 2. The Morgan fingerprint density at radius 2 is 2.00 bits per heavy atom. The molecule has 104 valence electrons. The summed E-state index contributed by atoms with van der Waals surface area (Å²) in [6.45, 7) is 5.86. The summed E-state index contributed by atoms with van der Waals surface area (Å²) in [5.41, 5.74) is 6.82. The van der Waals surface area contributed by atoms with Crippen molar-refractivity contribution in [2.24, 2.45) is 0 Å². The molecule has 1 aliphatic rings. The Kier molecular flexibility index (Phi) is 4.16. The lowest BCUT2D eigenvalue weighted by Gasteiger charge is -2.37. The van der Waals surface area contributed by atoms with Gasteiger partial charge in [0, 0.05) is 29.3 Å². The highest BCUT2D eigenvalue weighted by molar-refractivity contribution is 8.00. The van der Waals surface area contributed by atoms with Gasteiger partial charge >= 0.3 is 5.97 Å². The van der Waals surface area contributed by atoms with Crippen LogP contribution < -0.4 is 10.6 Å². The first-order valence-electron chi connectivity index (χ1n) is 6.11. The molecule has 1 aliphatic heterocycles. The molecule has 1 heterocycles. The molecular weight excluding hydrogens is 284 g/mol. The average Bonchev–Trinajstić information content (AvgIpc) is 2.25. The van der Waals surface area contributed by atoms with E-state index in [9.17, 15) is 9.90 Å². The Morgan fingerprint density at radius 3 is 2.53 bits per heavy atom. The lowest BCUT2D eigenvalue weighted by Crippen LogP contribution is -2.41. The topological polar surface area (TPSA) is 66.6 Å². The van der Waals surface area contributed by atoms with E-state index in [2.05, 4.69) is 18.7 Å². The number of carboxylic acid groups (broad SMARTS) is 1. The van der Waals surface area contributed by atoms with E-state index in [4.69, 9.17) is 17.3 Å². The molecule has 0 aromatic heterocycles. The van der Waals surface area contributed by atoms with Crippen LogP contribution in [-0.4, -0.2) is 34.7 Å². The normalized spacial score (nSPS) is 23.4. The summed E-state index contributed by atoms with van der Waals surface area (Å²) in [5, 5.41) is 10.6. The summed E-state index contributed by atoms with van der Waals surface area (Å²) in [5.74, 6) is -0.997. The van der Waals surface area contributed by atoms with Crippen LogP contribution in [-0.2, 0) is 0 Å². The molecule has 0 bridgehead atoms. The van der Waals surface area contributed by atoms with E-state index in [-0.39, 0.29) is 5.56 Å². The molecule has 1 aromatic carbocycles. The highest BCUT2D eigenvalue weighted by Crippen LogP contribution is 2.36. The lowest BCUT2D eigenvalue weighted by molar-refractivity contribution is 0.0697. The maximum Gasteiger partial charge on any atom is 0.337 e. The van der Waals surface area contributed by atoms with Gasteiger partial charge < -0.3 is 15.7 Å². The van der Waals surface area contributed by atoms with E-state index >= 15 is 0 Å². The lowest BCUT2D eigenvalue weighted by atomic mass is 10.1. The van der Waals surface area contributed by atoms with Gasteiger partial charge in [0.05, 0.1) is 16.3 Å². The van der Waals surface area contributed by atoms with Crippen LogP contribution in [0.2, 0.25) is 5.02 Å². The number of rotatable bonds is 2. The zero-order valence-electron chi connectivity index (χ0n) is 10.9. The number of carbonyl (C=O) groups is 1. The summed E-state index contributed by atoms with van der Waals surface area (Å²) in [6.07, 6.45) is 0. The average molecular weight is 301 g/mol. The first-order chi connectivity index (χ1) is 8.88. The fourth-order valence-corrected chi connectivity index (χ4v) is 4.14. The Bertz CT molecular complexity index is 500. The van der Waals surface area contributed by atoms with Crippen molar-refractivity contribution in [3.8, 4) is 0 Å². The van der Waals surface area contributed by atoms with E-state index in [1.54, 1.807) is 6.07 Å². The molecule has 19 heavy (non-hydrogen) atoms. The van der Waals surface area contributed by atoms with Crippen molar-refractivity contribution in [3.63, 3.8) is 0 Å². The zero-order valence-corrected chi connectivity index (χ0v) is 12.5. The standard InChI is InChI=1S/C13H17ClN2O2S/c1-7-5-16(6-8(2)19-7)12-10(13(17)18)3-9(15)4-11(12)14/h3-4,7-8H,5-6,15H2,1-2H3,(H,17,18). The van der Waals surface area contributed by atoms with Gasteiger partial charge in [0.1, 0.15) is 0 Å². The van der Waals surface area contributed by atoms with Crippen molar-refractivity contribution in [2.45, 2.75) is 24.3 Å². The van der Waals surface area contributed by atoms with Gasteiger partial charge in [-0.1, -0.05) is 25.4 Å². The highest BCUT2D eigenvalue weighted by atomic mass is 35.5. The van der Waals surface area contributed by atoms with Crippen LogP contribution in [0.1, 0.15) is 24.2 Å². The summed E-state index contributed by atoms with van der Waals surface area (Å²) in [4.78, 5) is 13.4. The molecule has 0 amide bonds. The Hall–Kier alpha value is -1.07. The molecule has 1 fully saturated rings. The zero-order chi connectivity index (χ0) is 14.2. The van der Waals surface area contributed by atoms with Crippen LogP contribution in [0.4, 0.5) is 11.4 Å². The van der Waals surface area contributed by atoms with Crippen molar-refractivity contribution in [1.82, 2.24) is 0 Å². The monoisotopic (exact) mass is 300 g/mol. The predicted molar refractivity (Wildman–Crippen MR) is 81.6 cm³/mol. The van der Waals surface area contributed by atoms with Crippen LogP contribution in [0.5, 0.6) is 0 Å². The third-order valence-electron chi connectivity index (χ3n) is 3.05. The maximum absolute atomic E-state index is 11.4. The molecule has 1 aromatic rings. The van der Waals surface area contributed by atoms with Gasteiger partial charge in [-0.2, -0.15) is 11.8 Å². The molecular formula is C13H17ClN2O2S. The third kappa shape index (κ3) is 3.09. The number of carboxylic acids is 1. The van der Waals surface area contributed by atoms with Gasteiger partial charge in [0.2, 0.25) is 0 Å². The number of benzene rings is 1. The van der Waals surface area contributed by atoms with E-state index in [1.807, 2.05) is 11.8 Å². The number of nitrogens with two attached hydrogens (primary N) is 1. The second-order valence-corrected chi connectivity index (χ2v) is 7.16. The smallest absolute Gasteiger partial charge is 0.337 e. The number of halogens is 1. The van der Waals surface area contributed by atoms with Gasteiger partial charge in [-0.05, 0) is 12.1 Å². The number of nitrogens with zero attached hydrogens (tertiary/aromatic N) is 1. The molecule has 2 rings (SSSR count). The molecule has 0 saturated carbocycles. The molecule has 2 atom stereocenters. The molecule has 0 spiro atoms. The highest BCUT2D eigenvalue weighted by Gasteiger charge is 2.27. The molecule has 1 saturated heterocycles. The minimum atomic E-state index is -0.997. The number of aromatic carboxylic acids is 1. The SMILES string of the molecule is CC1CN(c2c(Cl)cc(N)cc2C(=O)O)CC(C)S1. The van der Waals surface area contributed by atoms with E-state index < -0.39 is 5.97 Å². The molecule has 4 nitrogen and oxygen atoms in total. The van der Waals surface area contributed by atoms with Crippen molar-refractivity contribution in [1.29, 1.82) is 0 Å². The number of thioether (sulfide) groups is 1. The van der Waals surface area contributed by atoms with Crippen LogP contribution >= 0.6 is 23.4 Å². The van der Waals surface area contributed by atoms with E-state index in [1.165, 1.54) is 6.07 Å². The van der Waals surface area contributed by atoms with Crippen molar-refractivity contribution >= 4 is 40.7 Å². The molecule has 2 unspecified atom stereocenters. The van der Waals surface area contributed by atoms with Gasteiger partial charge in [-0.3, -0.25) is 0 Å². The van der Waals surface area contributed by atoms with E-state index in [0.29, 0.717) is 26.9 Å². The summed E-state index contributed by atoms with van der Waals surface area (Å²) >= 11 is 8.12. The van der Waals surface area contributed by atoms with Gasteiger partial charge in [0.15, 0.2) is 0 Å². The van der Waals surface area contributed by atoms with Gasteiger partial charge in [0.25, 0.3) is 0 Å².